The van der Waals surface area contributed by atoms with Gasteiger partial charge in [0.15, 0.2) is 24.7 Å². The van der Waals surface area contributed by atoms with Crippen molar-refractivity contribution in [1.29, 1.82) is 0 Å². The van der Waals surface area contributed by atoms with Gasteiger partial charge in [-0.25, -0.2) is 0 Å². The molecule has 4 saturated carbocycles. The largest absolute Gasteiger partial charge is 0.394 e. The van der Waals surface area contributed by atoms with Gasteiger partial charge >= 0.3 is 0 Å². The first kappa shape index (κ1) is 46.4. The van der Waals surface area contributed by atoms with Gasteiger partial charge in [0.05, 0.1) is 38.1 Å². The van der Waals surface area contributed by atoms with Gasteiger partial charge in [-0.3, -0.25) is 0 Å². The second-order valence-corrected chi connectivity index (χ2v) is 21.5. The Balaban J connectivity index is 0.866. The Kier molecular flexibility index (Phi) is 13.1. The molecule has 27 atom stereocenters. The molecular weight excluding hydrogens is 812 g/mol. The maximum absolute atomic E-state index is 11.6. The molecule has 0 radical (unpaired) electrons. The Morgan fingerprint density at radius 3 is 2.02 bits per heavy atom. The first-order valence-electron chi connectivity index (χ1n) is 23.7. The average Bonchev–Trinajstić information content (AvgIpc) is 3.70. The Morgan fingerprint density at radius 1 is 0.613 bits per heavy atom. The summed E-state index contributed by atoms with van der Waals surface area (Å²) in [6.07, 6.45) is -12.3. The van der Waals surface area contributed by atoms with Crippen molar-refractivity contribution in [2.75, 3.05) is 19.8 Å². The van der Waals surface area contributed by atoms with E-state index in [0.29, 0.717) is 41.4 Å². The maximum Gasteiger partial charge on any atom is 0.187 e. The lowest BCUT2D eigenvalue weighted by Gasteiger charge is -2.61. The summed E-state index contributed by atoms with van der Waals surface area (Å²) in [5.74, 6) is 3.27. The molecule has 17 nitrogen and oxygen atoms in total. The molecule has 0 aromatic heterocycles. The zero-order valence-corrected chi connectivity index (χ0v) is 36.8. The smallest absolute Gasteiger partial charge is 0.187 e. The monoisotopic (exact) mass is 886 g/mol. The van der Waals surface area contributed by atoms with E-state index in [1.807, 2.05) is 0 Å². The number of fused-ring (bicyclic) bond motifs is 7. The van der Waals surface area contributed by atoms with Crippen molar-refractivity contribution in [2.24, 2.45) is 52.3 Å². The molecule has 9 fully saturated rings. The first-order chi connectivity index (χ1) is 29.4. The molecule has 62 heavy (non-hydrogen) atoms. The summed E-state index contributed by atoms with van der Waals surface area (Å²) in [6, 6.07) is 0. The number of hydrogen-bond acceptors (Lipinski definition) is 17. The van der Waals surface area contributed by atoms with Crippen LogP contribution in [0.5, 0.6) is 0 Å². The van der Waals surface area contributed by atoms with E-state index in [1.54, 1.807) is 0 Å². The molecule has 5 aliphatic heterocycles. The van der Waals surface area contributed by atoms with Gasteiger partial charge in [-0.05, 0) is 111 Å². The van der Waals surface area contributed by atoms with Crippen LogP contribution in [0.3, 0.4) is 0 Å². The number of ether oxygens (including phenoxy) is 8. The zero-order chi connectivity index (χ0) is 44.2. The third kappa shape index (κ3) is 7.66. The Hall–Kier alpha value is -0.680. The fourth-order valence-electron chi connectivity index (χ4n) is 14.5. The molecule has 27 unspecified atom stereocenters. The summed E-state index contributed by atoms with van der Waals surface area (Å²) in [4.78, 5) is 0. The first-order valence-corrected chi connectivity index (χ1v) is 23.7. The highest BCUT2D eigenvalue weighted by atomic mass is 16.8. The lowest BCUT2D eigenvalue weighted by Crippen LogP contribution is -2.65. The number of aliphatic hydroxyl groups excluding tert-OH is 9. The minimum atomic E-state index is -1.81. The van der Waals surface area contributed by atoms with Crippen LogP contribution in [0.1, 0.15) is 98.8 Å². The van der Waals surface area contributed by atoms with Gasteiger partial charge in [-0.2, -0.15) is 0 Å². The van der Waals surface area contributed by atoms with Crippen LogP contribution in [-0.4, -0.2) is 176 Å². The van der Waals surface area contributed by atoms with Gasteiger partial charge in [-0.1, -0.05) is 27.7 Å². The van der Waals surface area contributed by atoms with Crippen LogP contribution < -0.4 is 0 Å². The number of hydrogen-bond donors (Lipinski definition) is 9. The molecule has 1 spiro atoms. The lowest BCUT2D eigenvalue weighted by atomic mass is 9.44. The SMILES string of the molecule is CC1CCC2(OC1)OC1CC3C4CCC5CC(OC6OC(COC7OC(C)C(O)C(O)C7O)C(OC7OC(CO)C(O)C(O)C7O)C(O)C6O)CCC5(C)C4CCC3(C)C1C2C. The van der Waals surface area contributed by atoms with Gasteiger partial charge in [0.1, 0.15) is 67.1 Å². The predicted octanol–water partition coefficient (Wildman–Crippen LogP) is 0.294. The highest BCUT2D eigenvalue weighted by molar-refractivity contribution is 5.15. The van der Waals surface area contributed by atoms with E-state index in [4.69, 9.17) is 37.9 Å². The summed E-state index contributed by atoms with van der Waals surface area (Å²) in [6.45, 7) is 10.8. The van der Waals surface area contributed by atoms with Crippen molar-refractivity contribution < 1.29 is 83.9 Å². The van der Waals surface area contributed by atoms with Crippen molar-refractivity contribution >= 4 is 0 Å². The van der Waals surface area contributed by atoms with Crippen LogP contribution in [0.2, 0.25) is 0 Å². The average molecular weight is 887 g/mol. The molecule has 0 amide bonds. The molecule has 9 rings (SSSR count). The zero-order valence-electron chi connectivity index (χ0n) is 36.8. The molecule has 4 aliphatic carbocycles. The van der Waals surface area contributed by atoms with Crippen molar-refractivity contribution in [3.63, 3.8) is 0 Å². The number of aliphatic hydroxyl groups is 9. The third-order valence-corrected chi connectivity index (χ3v) is 18.2. The molecular formula is C45H74O17. The normalized spacial score (nSPS) is 58.9. The second-order valence-electron chi connectivity index (χ2n) is 21.5. The van der Waals surface area contributed by atoms with Crippen LogP contribution in [0, 0.1) is 52.3 Å². The molecule has 0 aromatic rings. The predicted molar refractivity (Wildman–Crippen MR) is 214 cm³/mol. The summed E-state index contributed by atoms with van der Waals surface area (Å²) in [5, 5.41) is 95.7. The molecule has 17 heteroatoms. The van der Waals surface area contributed by atoms with Gasteiger partial charge in [0, 0.05) is 12.3 Å². The third-order valence-electron chi connectivity index (χ3n) is 18.2. The topological polar surface area (TPSA) is 256 Å². The molecule has 9 N–H and O–H groups in total. The van der Waals surface area contributed by atoms with Crippen molar-refractivity contribution in [3.8, 4) is 0 Å². The van der Waals surface area contributed by atoms with Crippen molar-refractivity contribution in [3.05, 3.63) is 0 Å². The van der Waals surface area contributed by atoms with E-state index in [9.17, 15) is 46.0 Å². The van der Waals surface area contributed by atoms with E-state index in [2.05, 4.69) is 27.7 Å². The molecule has 5 saturated heterocycles. The van der Waals surface area contributed by atoms with Gasteiger partial charge < -0.3 is 83.9 Å². The fraction of sp³-hybridized carbons (Fsp3) is 1.00. The van der Waals surface area contributed by atoms with Crippen molar-refractivity contribution in [1.82, 2.24) is 0 Å². The minimum Gasteiger partial charge on any atom is -0.394 e. The summed E-state index contributed by atoms with van der Waals surface area (Å²) in [7, 11) is 0. The summed E-state index contributed by atoms with van der Waals surface area (Å²) < 4.78 is 49.4. The summed E-state index contributed by atoms with van der Waals surface area (Å²) >= 11 is 0. The van der Waals surface area contributed by atoms with Crippen LogP contribution >= 0.6 is 0 Å². The minimum absolute atomic E-state index is 0.125. The van der Waals surface area contributed by atoms with Crippen LogP contribution in [-0.2, 0) is 37.9 Å². The second kappa shape index (κ2) is 17.4. The molecule has 0 aromatic carbocycles. The van der Waals surface area contributed by atoms with Crippen LogP contribution in [0.15, 0.2) is 0 Å². The van der Waals surface area contributed by atoms with Crippen LogP contribution in [0.25, 0.3) is 0 Å². The number of rotatable bonds is 8. The Labute approximate surface area is 364 Å². The van der Waals surface area contributed by atoms with Gasteiger partial charge in [-0.15, -0.1) is 0 Å². The highest BCUT2D eigenvalue weighted by Crippen LogP contribution is 2.71. The molecule has 356 valence electrons. The highest BCUT2D eigenvalue weighted by Gasteiger charge is 2.69. The van der Waals surface area contributed by atoms with E-state index in [0.717, 1.165) is 58.0 Å². The Bertz CT molecular complexity index is 1550. The molecule has 9 aliphatic rings. The quantitative estimate of drug-likeness (QED) is 0.149. The van der Waals surface area contributed by atoms with E-state index < -0.39 is 111 Å². The van der Waals surface area contributed by atoms with Crippen LogP contribution in [0.4, 0.5) is 0 Å². The molecule has 0 bridgehead atoms. The van der Waals surface area contributed by atoms with E-state index in [-0.39, 0.29) is 23.0 Å². The Morgan fingerprint density at radius 2 is 1.29 bits per heavy atom. The fourth-order valence-corrected chi connectivity index (χ4v) is 14.5. The maximum atomic E-state index is 11.6. The van der Waals surface area contributed by atoms with E-state index >= 15 is 0 Å². The van der Waals surface area contributed by atoms with Gasteiger partial charge in [0.25, 0.3) is 0 Å². The molecule has 5 heterocycles. The van der Waals surface area contributed by atoms with Crippen molar-refractivity contribution in [2.45, 2.75) is 209 Å². The lowest BCUT2D eigenvalue weighted by molar-refractivity contribution is -0.371. The van der Waals surface area contributed by atoms with E-state index in [1.165, 1.54) is 19.8 Å². The standard InChI is InChI=1S/C45H74O17/c1-19-8-13-45(56-17-19)20(2)30-27(62-45)15-26-24-7-6-22-14-23(9-11-43(22,4)25(24)10-12-44(26,30)5)58-41-38(54)35(51)39(61-42-37(53)34(50)32(48)28(16-46)59-42)29(60-41)18-55-40-36(52)33(49)31(47)21(3)57-40/h19-42,46-54H,6-18H2,1-5H3. The summed E-state index contributed by atoms with van der Waals surface area (Å²) in [5.41, 5.74) is 0.353. The van der Waals surface area contributed by atoms with Gasteiger partial charge in [0.2, 0.25) is 0 Å².